The highest BCUT2D eigenvalue weighted by molar-refractivity contribution is 5.18. The number of benzene rings is 1. The third-order valence-corrected chi connectivity index (χ3v) is 4.13. The SMILES string of the molecule is CC[C@@H](O)CN(CCOC)Cc1cccn1Cc1ccc(F)cc1. The first-order valence-electron chi connectivity index (χ1n) is 8.40. The van der Waals surface area contributed by atoms with Crippen LogP contribution in [0.3, 0.4) is 0 Å². The van der Waals surface area contributed by atoms with Crippen LogP contribution < -0.4 is 0 Å². The Kier molecular flexibility index (Phi) is 7.43. The molecule has 0 fully saturated rings. The van der Waals surface area contributed by atoms with Crippen molar-refractivity contribution in [1.29, 1.82) is 0 Å². The fourth-order valence-electron chi connectivity index (χ4n) is 2.65. The minimum Gasteiger partial charge on any atom is -0.392 e. The van der Waals surface area contributed by atoms with Gasteiger partial charge in [-0.15, -0.1) is 0 Å². The van der Waals surface area contributed by atoms with Gasteiger partial charge in [-0.3, -0.25) is 4.90 Å². The fourth-order valence-corrected chi connectivity index (χ4v) is 2.65. The molecule has 1 N–H and O–H groups in total. The van der Waals surface area contributed by atoms with Gasteiger partial charge in [-0.1, -0.05) is 19.1 Å². The van der Waals surface area contributed by atoms with Gasteiger partial charge in [-0.2, -0.15) is 0 Å². The third-order valence-electron chi connectivity index (χ3n) is 4.13. The number of aromatic nitrogens is 1. The molecule has 0 radical (unpaired) electrons. The van der Waals surface area contributed by atoms with Gasteiger partial charge in [0.2, 0.25) is 0 Å². The van der Waals surface area contributed by atoms with E-state index in [1.807, 2.05) is 31.3 Å². The average molecular weight is 334 g/mol. The van der Waals surface area contributed by atoms with Gasteiger partial charge in [-0.25, -0.2) is 4.39 Å². The molecule has 4 nitrogen and oxygen atoms in total. The largest absolute Gasteiger partial charge is 0.392 e. The summed E-state index contributed by atoms with van der Waals surface area (Å²) < 4.78 is 20.4. The van der Waals surface area contributed by atoms with Crippen LogP contribution in [0.15, 0.2) is 42.6 Å². The number of methoxy groups -OCH3 is 1. The molecular weight excluding hydrogens is 307 g/mol. The highest BCUT2D eigenvalue weighted by Gasteiger charge is 2.13. The van der Waals surface area contributed by atoms with Crippen molar-refractivity contribution < 1.29 is 14.2 Å². The van der Waals surface area contributed by atoms with Crippen molar-refractivity contribution in [2.24, 2.45) is 0 Å². The molecule has 1 aromatic carbocycles. The van der Waals surface area contributed by atoms with Gasteiger partial charge in [0.15, 0.2) is 0 Å². The Morgan fingerprint density at radius 3 is 2.67 bits per heavy atom. The predicted octanol–water partition coefficient (Wildman–Crippen LogP) is 2.89. The zero-order chi connectivity index (χ0) is 17.4. The number of aliphatic hydroxyl groups excluding tert-OH is 1. The van der Waals surface area contributed by atoms with E-state index in [1.165, 1.54) is 17.8 Å². The lowest BCUT2D eigenvalue weighted by Crippen LogP contribution is -2.34. The summed E-state index contributed by atoms with van der Waals surface area (Å²) in [6.45, 7) is 5.47. The number of rotatable bonds is 10. The summed E-state index contributed by atoms with van der Waals surface area (Å²) in [5, 5.41) is 9.96. The Bertz CT molecular complexity index is 598. The van der Waals surface area contributed by atoms with Crippen molar-refractivity contribution >= 4 is 0 Å². The van der Waals surface area contributed by atoms with E-state index in [2.05, 4.69) is 15.5 Å². The predicted molar refractivity (Wildman–Crippen MR) is 93.4 cm³/mol. The van der Waals surface area contributed by atoms with Crippen LogP contribution in [0.2, 0.25) is 0 Å². The van der Waals surface area contributed by atoms with Crippen molar-refractivity contribution in [2.75, 3.05) is 26.8 Å². The molecule has 24 heavy (non-hydrogen) atoms. The van der Waals surface area contributed by atoms with E-state index in [1.54, 1.807) is 7.11 Å². The molecule has 0 aliphatic heterocycles. The van der Waals surface area contributed by atoms with E-state index >= 15 is 0 Å². The molecule has 0 saturated heterocycles. The molecule has 0 aliphatic rings. The van der Waals surface area contributed by atoms with Crippen molar-refractivity contribution in [2.45, 2.75) is 32.5 Å². The molecule has 2 rings (SSSR count). The Hall–Kier alpha value is -1.69. The van der Waals surface area contributed by atoms with Crippen LogP contribution in [0.4, 0.5) is 4.39 Å². The molecule has 1 aromatic heterocycles. The topological polar surface area (TPSA) is 37.6 Å². The standard InChI is InChI=1S/C19H27FN2O2/c1-3-19(23)15-21(11-12-24-2)14-18-5-4-10-22(18)13-16-6-8-17(20)9-7-16/h4-10,19,23H,3,11-15H2,1-2H3/t19-/m1/s1. The maximum absolute atomic E-state index is 13.0. The number of aliphatic hydroxyl groups is 1. The molecule has 5 heteroatoms. The summed E-state index contributed by atoms with van der Waals surface area (Å²) >= 11 is 0. The van der Waals surface area contributed by atoms with Gasteiger partial charge in [0.1, 0.15) is 5.82 Å². The van der Waals surface area contributed by atoms with E-state index in [-0.39, 0.29) is 11.9 Å². The van der Waals surface area contributed by atoms with Gasteiger partial charge < -0.3 is 14.4 Å². The van der Waals surface area contributed by atoms with Crippen molar-refractivity contribution in [3.63, 3.8) is 0 Å². The molecule has 0 amide bonds. The number of ether oxygens (including phenoxy) is 1. The van der Waals surface area contributed by atoms with Crippen LogP contribution in [0.5, 0.6) is 0 Å². The molecule has 2 aromatic rings. The fraction of sp³-hybridized carbons (Fsp3) is 0.474. The summed E-state index contributed by atoms with van der Waals surface area (Å²) in [4.78, 5) is 2.20. The smallest absolute Gasteiger partial charge is 0.123 e. The highest BCUT2D eigenvalue weighted by atomic mass is 19.1. The van der Waals surface area contributed by atoms with E-state index in [4.69, 9.17) is 4.74 Å². The summed E-state index contributed by atoms with van der Waals surface area (Å²) in [6.07, 6.45) is 2.44. The summed E-state index contributed by atoms with van der Waals surface area (Å²) in [6, 6.07) is 10.7. The van der Waals surface area contributed by atoms with E-state index in [9.17, 15) is 9.50 Å². The quantitative estimate of drug-likeness (QED) is 0.726. The summed E-state index contributed by atoms with van der Waals surface area (Å²) in [7, 11) is 1.69. The summed E-state index contributed by atoms with van der Waals surface area (Å²) in [5.41, 5.74) is 2.23. The molecule has 1 heterocycles. The first kappa shape index (κ1) is 18.6. The Balaban J connectivity index is 2.04. The molecule has 0 bridgehead atoms. The number of hydrogen-bond donors (Lipinski definition) is 1. The Labute approximate surface area is 143 Å². The van der Waals surface area contributed by atoms with E-state index in [0.717, 1.165) is 25.1 Å². The molecule has 1 atom stereocenters. The maximum atomic E-state index is 13.0. The lowest BCUT2D eigenvalue weighted by atomic mass is 10.2. The number of hydrogen-bond acceptors (Lipinski definition) is 3. The van der Waals surface area contributed by atoms with Crippen LogP contribution in [-0.4, -0.2) is 47.5 Å². The second kappa shape index (κ2) is 9.57. The van der Waals surface area contributed by atoms with Gasteiger partial charge in [0, 0.05) is 45.2 Å². The third kappa shape index (κ3) is 5.74. The van der Waals surface area contributed by atoms with Gasteiger partial charge >= 0.3 is 0 Å². The van der Waals surface area contributed by atoms with Crippen LogP contribution >= 0.6 is 0 Å². The average Bonchev–Trinajstić information content (AvgIpc) is 3.01. The number of halogens is 1. The lowest BCUT2D eigenvalue weighted by molar-refractivity contribution is 0.0818. The van der Waals surface area contributed by atoms with E-state index < -0.39 is 0 Å². The molecule has 0 spiro atoms. The van der Waals surface area contributed by atoms with Crippen LogP contribution in [0.25, 0.3) is 0 Å². The van der Waals surface area contributed by atoms with Crippen molar-refractivity contribution in [3.8, 4) is 0 Å². The molecule has 0 saturated carbocycles. The van der Waals surface area contributed by atoms with Crippen LogP contribution in [0.1, 0.15) is 24.6 Å². The number of nitrogens with zero attached hydrogens (tertiary/aromatic N) is 2. The maximum Gasteiger partial charge on any atom is 0.123 e. The Morgan fingerprint density at radius 1 is 1.25 bits per heavy atom. The molecule has 132 valence electrons. The lowest BCUT2D eigenvalue weighted by Gasteiger charge is -2.25. The van der Waals surface area contributed by atoms with E-state index in [0.29, 0.717) is 19.7 Å². The van der Waals surface area contributed by atoms with Crippen LogP contribution in [-0.2, 0) is 17.8 Å². The molecule has 0 unspecified atom stereocenters. The zero-order valence-electron chi connectivity index (χ0n) is 14.5. The van der Waals surface area contributed by atoms with Crippen LogP contribution in [0, 0.1) is 5.82 Å². The van der Waals surface area contributed by atoms with Gasteiger partial charge in [0.05, 0.1) is 12.7 Å². The second-order valence-corrected chi connectivity index (χ2v) is 6.04. The Morgan fingerprint density at radius 2 is 2.00 bits per heavy atom. The van der Waals surface area contributed by atoms with Gasteiger partial charge in [-0.05, 0) is 36.2 Å². The van der Waals surface area contributed by atoms with Crippen molar-refractivity contribution in [3.05, 3.63) is 59.7 Å². The van der Waals surface area contributed by atoms with Crippen molar-refractivity contribution in [1.82, 2.24) is 9.47 Å². The van der Waals surface area contributed by atoms with Gasteiger partial charge in [0.25, 0.3) is 0 Å². The normalized spacial score (nSPS) is 12.7. The monoisotopic (exact) mass is 334 g/mol. The first-order valence-corrected chi connectivity index (χ1v) is 8.40. The molecule has 0 aliphatic carbocycles. The second-order valence-electron chi connectivity index (χ2n) is 6.04. The minimum absolute atomic E-state index is 0.217. The first-order chi connectivity index (χ1) is 11.6. The summed E-state index contributed by atoms with van der Waals surface area (Å²) in [5.74, 6) is -0.217. The molecular formula is C19H27FN2O2. The minimum atomic E-state index is -0.331. The zero-order valence-corrected chi connectivity index (χ0v) is 14.5. The highest BCUT2D eigenvalue weighted by Crippen LogP contribution is 2.12.